The van der Waals surface area contributed by atoms with Crippen LogP contribution >= 0.6 is 23.2 Å². The topological polar surface area (TPSA) is 133 Å². The Bertz CT molecular complexity index is 1310. The summed E-state index contributed by atoms with van der Waals surface area (Å²) in [7, 11) is -4.10. The van der Waals surface area contributed by atoms with Gasteiger partial charge in [-0.1, -0.05) is 47.5 Å². The van der Waals surface area contributed by atoms with Crippen molar-refractivity contribution in [1.29, 1.82) is 0 Å². The molecule has 0 radical (unpaired) electrons. The fourth-order valence-electron chi connectivity index (χ4n) is 3.26. The van der Waals surface area contributed by atoms with Gasteiger partial charge in [-0.15, -0.1) is 0 Å². The second-order valence-electron chi connectivity index (χ2n) is 7.60. The molecule has 1 atom stereocenters. The van der Waals surface area contributed by atoms with Gasteiger partial charge in [0.1, 0.15) is 11.8 Å². The summed E-state index contributed by atoms with van der Waals surface area (Å²) in [6.07, 6.45) is 0.111. The Morgan fingerprint density at radius 1 is 0.886 bits per heavy atom. The number of phenolic OH excluding ortho intramolecular Hbond substituents is 1. The Kier molecular flexibility index (Phi) is 8.74. The molecule has 0 bridgehead atoms. The van der Waals surface area contributed by atoms with Crippen molar-refractivity contribution in [3.05, 3.63) is 82.3 Å². The molecular formula is C24H22Cl2N2O6S. The van der Waals surface area contributed by atoms with Crippen molar-refractivity contribution < 1.29 is 28.2 Å². The van der Waals surface area contributed by atoms with E-state index in [1.165, 1.54) is 30.3 Å². The van der Waals surface area contributed by atoms with Gasteiger partial charge in [0, 0.05) is 16.6 Å². The van der Waals surface area contributed by atoms with Gasteiger partial charge in [-0.05, 0) is 66.4 Å². The van der Waals surface area contributed by atoms with Gasteiger partial charge < -0.3 is 15.5 Å². The van der Waals surface area contributed by atoms with E-state index in [1.807, 2.05) is 0 Å². The highest BCUT2D eigenvalue weighted by molar-refractivity contribution is 7.89. The van der Waals surface area contributed by atoms with Crippen LogP contribution in [-0.2, 0) is 14.8 Å². The van der Waals surface area contributed by atoms with Crippen LogP contribution in [0.4, 0.5) is 0 Å². The Morgan fingerprint density at radius 3 is 2.03 bits per heavy atom. The maximum Gasteiger partial charge on any atom is 0.321 e. The summed E-state index contributed by atoms with van der Waals surface area (Å²) in [6, 6.07) is 15.7. The number of nitrogens with one attached hydrogen (secondary N) is 2. The lowest BCUT2D eigenvalue weighted by molar-refractivity contribution is -0.139. The second kappa shape index (κ2) is 11.5. The molecule has 35 heavy (non-hydrogen) atoms. The highest BCUT2D eigenvalue weighted by atomic mass is 35.5. The van der Waals surface area contributed by atoms with Crippen LogP contribution < -0.4 is 10.0 Å². The predicted molar refractivity (Wildman–Crippen MR) is 133 cm³/mol. The molecule has 0 aliphatic heterocycles. The SMILES string of the molecule is O=C(NCCC[C@H](NS(=O)(=O)c1ccc(-c2ccc(Cl)cc2)cc1)C(=O)O)c1ccc(Cl)cc1O. The normalized spacial score (nSPS) is 12.2. The van der Waals surface area contributed by atoms with Crippen LogP contribution in [0.15, 0.2) is 71.6 Å². The summed E-state index contributed by atoms with van der Waals surface area (Å²) in [4.78, 5) is 23.7. The van der Waals surface area contributed by atoms with Gasteiger partial charge in [0.15, 0.2) is 0 Å². The van der Waals surface area contributed by atoms with Crippen LogP contribution in [0.5, 0.6) is 5.75 Å². The Balaban J connectivity index is 1.58. The number of hydrogen-bond donors (Lipinski definition) is 4. The zero-order valence-electron chi connectivity index (χ0n) is 18.2. The van der Waals surface area contributed by atoms with Crippen molar-refractivity contribution in [2.75, 3.05) is 6.54 Å². The molecule has 1 amide bonds. The van der Waals surface area contributed by atoms with Gasteiger partial charge in [-0.25, -0.2) is 8.42 Å². The zero-order valence-corrected chi connectivity index (χ0v) is 20.6. The van der Waals surface area contributed by atoms with E-state index in [0.29, 0.717) is 5.02 Å². The van der Waals surface area contributed by atoms with Gasteiger partial charge in [0.05, 0.1) is 10.5 Å². The molecule has 0 saturated heterocycles. The molecule has 0 aliphatic carbocycles. The third kappa shape index (κ3) is 7.19. The number of hydrogen-bond acceptors (Lipinski definition) is 5. The highest BCUT2D eigenvalue weighted by Gasteiger charge is 2.25. The average molecular weight is 537 g/mol. The average Bonchev–Trinajstić information content (AvgIpc) is 2.81. The standard InChI is InChI=1S/C24H22Cl2N2O6S/c25-17-7-3-15(4-8-17)16-5-10-19(11-6-16)35(33,34)28-21(24(31)32)2-1-13-27-23(30)20-12-9-18(26)14-22(20)29/h3-12,14,21,28-29H,1-2,13H2,(H,27,30)(H,31,32)/t21-/m0/s1. The minimum atomic E-state index is -4.10. The minimum absolute atomic E-state index is 0.0203. The van der Waals surface area contributed by atoms with Crippen LogP contribution in [0.25, 0.3) is 11.1 Å². The summed E-state index contributed by atoms with van der Waals surface area (Å²) in [6.45, 7) is 0.0716. The molecular weight excluding hydrogens is 515 g/mol. The molecule has 0 saturated carbocycles. The number of aromatic hydroxyl groups is 1. The van der Waals surface area contributed by atoms with Crippen LogP contribution in [0, 0.1) is 0 Å². The van der Waals surface area contributed by atoms with Gasteiger partial charge in [-0.2, -0.15) is 4.72 Å². The first-order valence-corrected chi connectivity index (χ1v) is 12.7. The van der Waals surface area contributed by atoms with E-state index in [9.17, 15) is 28.2 Å². The summed E-state index contributed by atoms with van der Waals surface area (Å²) < 4.78 is 27.7. The lowest BCUT2D eigenvalue weighted by Crippen LogP contribution is -2.41. The van der Waals surface area contributed by atoms with Crippen molar-refractivity contribution in [1.82, 2.24) is 10.0 Å². The van der Waals surface area contributed by atoms with E-state index in [4.69, 9.17) is 23.2 Å². The van der Waals surface area contributed by atoms with Crippen molar-refractivity contribution in [2.45, 2.75) is 23.8 Å². The molecule has 11 heteroatoms. The zero-order chi connectivity index (χ0) is 25.6. The smallest absolute Gasteiger partial charge is 0.321 e. The molecule has 8 nitrogen and oxygen atoms in total. The molecule has 4 N–H and O–H groups in total. The predicted octanol–water partition coefficient (Wildman–Crippen LogP) is 4.31. The first kappa shape index (κ1) is 26.5. The summed E-state index contributed by atoms with van der Waals surface area (Å²) in [5, 5.41) is 22.7. The molecule has 3 rings (SSSR count). The van der Waals surface area contributed by atoms with Crippen LogP contribution in [0.2, 0.25) is 10.0 Å². The third-order valence-corrected chi connectivity index (χ3v) is 7.07. The number of rotatable bonds is 10. The summed E-state index contributed by atoms with van der Waals surface area (Å²) >= 11 is 11.6. The number of carboxylic acids is 1. The Morgan fingerprint density at radius 2 is 1.46 bits per heavy atom. The van der Waals surface area contributed by atoms with E-state index < -0.39 is 27.9 Å². The molecule has 0 spiro atoms. The highest BCUT2D eigenvalue weighted by Crippen LogP contribution is 2.24. The third-order valence-electron chi connectivity index (χ3n) is 5.10. The van der Waals surface area contributed by atoms with Crippen molar-refractivity contribution in [3.63, 3.8) is 0 Å². The monoisotopic (exact) mass is 536 g/mol. The van der Waals surface area contributed by atoms with Gasteiger partial charge in [0.2, 0.25) is 10.0 Å². The van der Waals surface area contributed by atoms with E-state index >= 15 is 0 Å². The van der Waals surface area contributed by atoms with Crippen molar-refractivity contribution in [2.24, 2.45) is 0 Å². The summed E-state index contributed by atoms with van der Waals surface area (Å²) in [5.41, 5.74) is 1.65. The molecule has 184 valence electrons. The number of benzene rings is 3. The van der Waals surface area contributed by atoms with Crippen LogP contribution in [-0.4, -0.2) is 43.1 Å². The molecule has 0 aliphatic rings. The number of carboxylic acid groups (broad SMARTS) is 1. The molecule has 3 aromatic rings. The number of phenols is 1. The fourth-order valence-corrected chi connectivity index (χ4v) is 4.77. The number of sulfonamides is 1. The number of halogens is 2. The maximum absolute atomic E-state index is 12.7. The Labute approximate surface area is 212 Å². The first-order chi connectivity index (χ1) is 16.6. The number of carbonyl (C=O) groups is 2. The minimum Gasteiger partial charge on any atom is -0.507 e. The van der Waals surface area contributed by atoms with Crippen LogP contribution in [0.3, 0.4) is 0 Å². The van der Waals surface area contributed by atoms with E-state index in [2.05, 4.69) is 10.0 Å². The van der Waals surface area contributed by atoms with E-state index in [0.717, 1.165) is 11.1 Å². The lowest BCUT2D eigenvalue weighted by atomic mass is 10.1. The molecule has 0 heterocycles. The van der Waals surface area contributed by atoms with Gasteiger partial charge in [0.25, 0.3) is 5.91 Å². The molecule has 0 fully saturated rings. The van der Waals surface area contributed by atoms with E-state index in [-0.39, 0.29) is 40.6 Å². The molecule has 0 unspecified atom stereocenters. The first-order valence-electron chi connectivity index (χ1n) is 10.4. The lowest BCUT2D eigenvalue weighted by Gasteiger charge is -2.15. The fraction of sp³-hybridized carbons (Fsp3) is 0.167. The number of aliphatic carboxylic acids is 1. The Hall–Kier alpha value is -3.11. The van der Waals surface area contributed by atoms with Gasteiger partial charge >= 0.3 is 5.97 Å². The van der Waals surface area contributed by atoms with E-state index in [1.54, 1.807) is 36.4 Å². The maximum atomic E-state index is 12.7. The quantitative estimate of drug-likeness (QED) is 0.285. The summed E-state index contributed by atoms with van der Waals surface area (Å²) in [5.74, 6) is -2.19. The molecule has 0 aromatic heterocycles. The number of carbonyl (C=O) groups excluding carboxylic acids is 1. The van der Waals surface area contributed by atoms with Crippen molar-refractivity contribution >= 4 is 45.1 Å². The number of amides is 1. The van der Waals surface area contributed by atoms with Gasteiger partial charge in [-0.3, -0.25) is 9.59 Å². The second-order valence-corrected chi connectivity index (χ2v) is 10.2. The van der Waals surface area contributed by atoms with Crippen LogP contribution in [0.1, 0.15) is 23.2 Å². The largest absolute Gasteiger partial charge is 0.507 e. The van der Waals surface area contributed by atoms with Crippen molar-refractivity contribution in [3.8, 4) is 16.9 Å². The molecule has 3 aromatic carbocycles.